The van der Waals surface area contributed by atoms with E-state index in [0.717, 1.165) is 19.4 Å². The molecule has 2 rings (SSSR count). The topological polar surface area (TPSA) is 46.6 Å². The van der Waals surface area contributed by atoms with Crippen LogP contribution in [-0.2, 0) is 14.3 Å². The second kappa shape index (κ2) is 3.01. The number of nitrogens with zero attached hydrogens (tertiary/aromatic N) is 1. The third-order valence-electron chi connectivity index (χ3n) is 3.02. The summed E-state index contributed by atoms with van der Waals surface area (Å²) < 4.78 is 4.70. The maximum Gasteiger partial charge on any atom is 0.310 e. The number of carbonyl (C=O) groups is 2. The first kappa shape index (κ1) is 8.53. The molecule has 0 N–H and O–H groups in total. The number of esters is 1. The van der Waals surface area contributed by atoms with Gasteiger partial charge in [0.1, 0.15) is 0 Å². The molecule has 0 radical (unpaired) electrons. The minimum Gasteiger partial charge on any atom is -0.469 e. The van der Waals surface area contributed by atoms with Gasteiger partial charge in [-0.05, 0) is 12.8 Å². The molecule has 0 aliphatic carbocycles. The van der Waals surface area contributed by atoms with Gasteiger partial charge in [-0.1, -0.05) is 0 Å². The molecule has 2 fully saturated rings. The molecule has 13 heavy (non-hydrogen) atoms. The third kappa shape index (κ3) is 1.20. The van der Waals surface area contributed by atoms with Crippen LogP contribution in [0, 0.1) is 5.92 Å². The number of hydrogen-bond donors (Lipinski definition) is 0. The molecular weight excluding hydrogens is 170 g/mol. The average molecular weight is 183 g/mol. The van der Waals surface area contributed by atoms with Crippen LogP contribution in [0.4, 0.5) is 0 Å². The number of amides is 1. The van der Waals surface area contributed by atoms with Gasteiger partial charge in [0.2, 0.25) is 5.91 Å². The van der Waals surface area contributed by atoms with Crippen molar-refractivity contribution >= 4 is 11.9 Å². The molecule has 2 unspecified atom stereocenters. The molecule has 72 valence electrons. The second-order valence-electron chi connectivity index (χ2n) is 3.61. The van der Waals surface area contributed by atoms with E-state index in [-0.39, 0.29) is 23.8 Å². The van der Waals surface area contributed by atoms with E-state index in [1.807, 2.05) is 4.90 Å². The Morgan fingerprint density at radius 3 is 3.00 bits per heavy atom. The van der Waals surface area contributed by atoms with E-state index < -0.39 is 0 Å². The molecule has 2 saturated heterocycles. The molecule has 0 saturated carbocycles. The number of rotatable bonds is 1. The summed E-state index contributed by atoms with van der Waals surface area (Å²) in [4.78, 5) is 24.4. The van der Waals surface area contributed by atoms with Crippen LogP contribution in [0.2, 0.25) is 0 Å². The van der Waals surface area contributed by atoms with Crippen LogP contribution in [0.25, 0.3) is 0 Å². The first-order valence-corrected chi connectivity index (χ1v) is 4.61. The fourth-order valence-corrected chi connectivity index (χ4v) is 2.36. The molecule has 0 bridgehead atoms. The van der Waals surface area contributed by atoms with Crippen LogP contribution in [0.5, 0.6) is 0 Å². The zero-order chi connectivity index (χ0) is 9.42. The van der Waals surface area contributed by atoms with E-state index in [1.165, 1.54) is 7.11 Å². The maximum absolute atomic E-state index is 11.3. The molecular formula is C9H13NO3. The van der Waals surface area contributed by atoms with E-state index in [0.29, 0.717) is 6.42 Å². The van der Waals surface area contributed by atoms with Crippen molar-refractivity contribution < 1.29 is 14.3 Å². The molecule has 2 aliphatic rings. The number of hydrogen-bond acceptors (Lipinski definition) is 3. The Kier molecular flexibility index (Phi) is 1.98. The third-order valence-corrected chi connectivity index (χ3v) is 3.02. The highest BCUT2D eigenvalue weighted by Gasteiger charge is 2.45. The smallest absolute Gasteiger partial charge is 0.310 e. The monoisotopic (exact) mass is 183 g/mol. The zero-order valence-corrected chi connectivity index (χ0v) is 7.66. The largest absolute Gasteiger partial charge is 0.469 e. The second-order valence-corrected chi connectivity index (χ2v) is 3.61. The molecule has 2 aliphatic heterocycles. The molecule has 4 nitrogen and oxygen atoms in total. The summed E-state index contributed by atoms with van der Waals surface area (Å²) in [7, 11) is 1.40. The van der Waals surface area contributed by atoms with E-state index in [4.69, 9.17) is 4.74 Å². The summed E-state index contributed by atoms with van der Waals surface area (Å²) in [5.74, 6) is -0.0462. The molecule has 0 spiro atoms. The Hall–Kier alpha value is -1.06. The SMILES string of the molecule is COC(=O)C1CCN2C(=O)CCC12. The van der Waals surface area contributed by atoms with E-state index in [9.17, 15) is 9.59 Å². The van der Waals surface area contributed by atoms with Crippen molar-refractivity contribution in [2.45, 2.75) is 25.3 Å². The van der Waals surface area contributed by atoms with Crippen molar-refractivity contribution in [3.8, 4) is 0 Å². The van der Waals surface area contributed by atoms with Gasteiger partial charge in [-0.15, -0.1) is 0 Å². The van der Waals surface area contributed by atoms with Gasteiger partial charge in [-0.3, -0.25) is 9.59 Å². The Morgan fingerprint density at radius 2 is 2.31 bits per heavy atom. The zero-order valence-electron chi connectivity index (χ0n) is 7.66. The molecule has 0 aromatic heterocycles. The lowest BCUT2D eigenvalue weighted by Crippen LogP contribution is -2.32. The Labute approximate surface area is 76.8 Å². The first-order valence-electron chi connectivity index (χ1n) is 4.61. The fourth-order valence-electron chi connectivity index (χ4n) is 2.36. The molecule has 2 atom stereocenters. The first-order chi connectivity index (χ1) is 6.24. The minimum absolute atomic E-state index is 0.0727. The van der Waals surface area contributed by atoms with Crippen LogP contribution in [-0.4, -0.2) is 36.5 Å². The standard InChI is InChI=1S/C9H13NO3/c1-13-9(12)6-4-5-10-7(6)2-3-8(10)11/h6-7H,2-5H2,1H3. The molecule has 1 amide bonds. The highest BCUT2D eigenvalue weighted by molar-refractivity contribution is 5.82. The Bertz CT molecular complexity index is 251. The van der Waals surface area contributed by atoms with Gasteiger partial charge < -0.3 is 9.64 Å². The lowest BCUT2D eigenvalue weighted by Gasteiger charge is -2.18. The van der Waals surface area contributed by atoms with Gasteiger partial charge in [0.25, 0.3) is 0 Å². The summed E-state index contributed by atoms with van der Waals surface area (Å²) in [6.45, 7) is 0.725. The average Bonchev–Trinajstić information content (AvgIpc) is 2.68. The van der Waals surface area contributed by atoms with Crippen LogP contribution in [0.1, 0.15) is 19.3 Å². The van der Waals surface area contributed by atoms with E-state index >= 15 is 0 Å². The van der Waals surface area contributed by atoms with Crippen LogP contribution in [0.15, 0.2) is 0 Å². The predicted molar refractivity (Wildman–Crippen MR) is 44.9 cm³/mol. The van der Waals surface area contributed by atoms with Crippen LogP contribution in [0.3, 0.4) is 0 Å². The molecule has 2 heterocycles. The highest BCUT2D eigenvalue weighted by atomic mass is 16.5. The van der Waals surface area contributed by atoms with Gasteiger partial charge in [0.15, 0.2) is 0 Å². The van der Waals surface area contributed by atoms with Crippen LogP contribution >= 0.6 is 0 Å². The van der Waals surface area contributed by atoms with E-state index in [1.54, 1.807) is 0 Å². The van der Waals surface area contributed by atoms with Crippen LogP contribution < -0.4 is 0 Å². The molecule has 4 heteroatoms. The van der Waals surface area contributed by atoms with Gasteiger partial charge in [-0.25, -0.2) is 0 Å². The summed E-state index contributed by atoms with van der Waals surface area (Å²) in [6.07, 6.45) is 2.18. The quantitative estimate of drug-likeness (QED) is 0.544. The van der Waals surface area contributed by atoms with Crippen molar-refractivity contribution in [3.05, 3.63) is 0 Å². The lowest BCUT2D eigenvalue weighted by molar-refractivity contribution is -0.146. The molecule has 0 aromatic rings. The molecule has 0 aromatic carbocycles. The maximum atomic E-state index is 11.3. The predicted octanol–water partition coefficient (Wildman–Crippen LogP) is 0.170. The Morgan fingerprint density at radius 1 is 1.54 bits per heavy atom. The number of methoxy groups -OCH3 is 1. The van der Waals surface area contributed by atoms with Gasteiger partial charge in [0.05, 0.1) is 13.0 Å². The summed E-state index contributed by atoms with van der Waals surface area (Å²) in [5, 5.41) is 0. The summed E-state index contributed by atoms with van der Waals surface area (Å²) in [6, 6.07) is 0.125. The minimum atomic E-state index is -0.165. The van der Waals surface area contributed by atoms with Gasteiger partial charge in [-0.2, -0.15) is 0 Å². The number of carbonyl (C=O) groups excluding carboxylic acids is 2. The highest BCUT2D eigenvalue weighted by Crippen LogP contribution is 2.33. The summed E-state index contributed by atoms with van der Waals surface area (Å²) in [5.41, 5.74) is 0. The van der Waals surface area contributed by atoms with Crippen molar-refractivity contribution in [2.24, 2.45) is 5.92 Å². The van der Waals surface area contributed by atoms with Crippen molar-refractivity contribution in [2.75, 3.05) is 13.7 Å². The summed E-state index contributed by atoms with van der Waals surface area (Å²) >= 11 is 0. The normalized spacial score (nSPS) is 32.1. The lowest BCUT2D eigenvalue weighted by atomic mass is 9.99. The number of ether oxygens (including phenoxy) is 1. The van der Waals surface area contributed by atoms with Crippen molar-refractivity contribution in [1.82, 2.24) is 4.90 Å². The van der Waals surface area contributed by atoms with Crippen molar-refractivity contribution in [3.63, 3.8) is 0 Å². The Balaban J connectivity index is 2.10. The van der Waals surface area contributed by atoms with Gasteiger partial charge in [0, 0.05) is 19.0 Å². The van der Waals surface area contributed by atoms with E-state index in [2.05, 4.69) is 0 Å². The number of fused-ring (bicyclic) bond motifs is 1. The van der Waals surface area contributed by atoms with Crippen molar-refractivity contribution in [1.29, 1.82) is 0 Å². The van der Waals surface area contributed by atoms with Gasteiger partial charge >= 0.3 is 5.97 Å². The fraction of sp³-hybridized carbons (Fsp3) is 0.778.